The summed E-state index contributed by atoms with van der Waals surface area (Å²) in [5.41, 5.74) is 0.735. The van der Waals surface area contributed by atoms with Gasteiger partial charge < -0.3 is 10.0 Å². The first-order valence-electron chi connectivity index (χ1n) is 7.00. The third-order valence-electron chi connectivity index (χ3n) is 3.77. The Kier molecular flexibility index (Phi) is 4.34. The van der Waals surface area contributed by atoms with Gasteiger partial charge in [0.05, 0.1) is 32.2 Å². The van der Waals surface area contributed by atoms with Crippen LogP contribution in [0.2, 0.25) is 5.02 Å². The Morgan fingerprint density at radius 2 is 2.22 bits per heavy atom. The Morgan fingerprint density at radius 3 is 2.91 bits per heavy atom. The van der Waals surface area contributed by atoms with Crippen LogP contribution in [0.25, 0.3) is 0 Å². The van der Waals surface area contributed by atoms with E-state index in [2.05, 4.69) is 0 Å². The van der Waals surface area contributed by atoms with E-state index in [1.54, 1.807) is 11.0 Å². The van der Waals surface area contributed by atoms with Gasteiger partial charge in [0.15, 0.2) is 0 Å². The third-order valence-corrected chi connectivity index (χ3v) is 5.09. The van der Waals surface area contributed by atoms with Gasteiger partial charge in [0.25, 0.3) is 11.6 Å². The monoisotopic (exact) mass is 352 g/mol. The number of hydrogen-bond acceptors (Lipinski definition) is 5. The minimum Gasteiger partial charge on any atom is -0.387 e. The number of fused-ring (bicyclic) bond motifs is 1. The summed E-state index contributed by atoms with van der Waals surface area (Å²) in [4.78, 5) is 25.4. The summed E-state index contributed by atoms with van der Waals surface area (Å²) in [6, 6.07) is 5.61. The fourth-order valence-corrected chi connectivity index (χ4v) is 3.80. The first-order valence-corrected chi connectivity index (χ1v) is 8.26. The number of nitro benzene ring substituents is 1. The molecule has 1 aromatic heterocycles. The Labute approximate surface area is 141 Å². The molecular formula is C15H13ClN2O4S. The van der Waals surface area contributed by atoms with Crippen molar-refractivity contribution in [2.24, 2.45) is 0 Å². The number of anilines is 1. The van der Waals surface area contributed by atoms with Crippen molar-refractivity contribution in [2.45, 2.75) is 18.9 Å². The van der Waals surface area contributed by atoms with Crippen molar-refractivity contribution >= 4 is 40.2 Å². The topological polar surface area (TPSA) is 83.7 Å². The quantitative estimate of drug-likeness (QED) is 0.658. The Morgan fingerprint density at radius 1 is 1.43 bits per heavy atom. The zero-order chi connectivity index (χ0) is 16.6. The average molecular weight is 353 g/mol. The number of non-ortho nitro benzene ring substituents is 1. The predicted octanol–water partition coefficient (Wildman–Crippen LogP) is 3.78. The standard InChI is InChI=1S/C15H13ClN2O4S/c16-11-8-9(18(21)22)3-4-10(11)15(20)17-6-1-2-13(19)14-12(17)5-7-23-14/h3-5,7-8,13,19H,1-2,6H2. The molecule has 1 aromatic carbocycles. The predicted molar refractivity (Wildman–Crippen MR) is 88.3 cm³/mol. The zero-order valence-electron chi connectivity index (χ0n) is 11.9. The second-order valence-corrected chi connectivity index (χ2v) is 6.56. The van der Waals surface area contributed by atoms with Crippen molar-refractivity contribution in [1.29, 1.82) is 0 Å². The summed E-state index contributed by atoms with van der Waals surface area (Å²) in [5, 5.41) is 22.8. The molecule has 0 spiro atoms. The molecule has 23 heavy (non-hydrogen) atoms. The molecule has 1 unspecified atom stereocenters. The second kappa shape index (κ2) is 6.27. The highest BCUT2D eigenvalue weighted by atomic mass is 35.5. The molecule has 6 nitrogen and oxygen atoms in total. The molecule has 0 saturated heterocycles. The van der Waals surface area contributed by atoms with Crippen LogP contribution in [0.1, 0.15) is 34.2 Å². The van der Waals surface area contributed by atoms with Crippen molar-refractivity contribution in [3.63, 3.8) is 0 Å². The second-order valence-electron chi connectivity index (χ2n) is 5.21. The van der Waals surface area contributed by atoms with Crippen molar-refractivity contribution in [3.8, 4) is 0 Å². The van der Waals surface area contributed by atoms with Crippen molar-refractivity contribution in [2.75, 3.05) is 11.4 Å². The lowest BCUT2D eigenvalue weighted by atomic mass is 10.1. The highest BCUT2D eigenvalue weighted by molar-refractivity contribution is 7.10. The number of thiophene rings is 1. The van der Waals surface area contributed by atoms with Gasteiger partial charge >= 0.3 is 0 Å². The van der Waals surface area contributed by atoms with E-state index in [9.17, 15) is 20.0 Å². The highest BCUT2D eigenvalue weighted by Gasteiger charge is 2.28. The molecule has 1 aliphatic heterocycles. The van der Waals surface area contributed by atoms with Gasteiger partial charge in [0.1, 0.15) is 0 Å². The maximum atomic E-state index is 12.8. The van der Waals surface area contributed by atoms with E-state index in [1.807, 2.05) is 5.38 Å². The van der Waals surface area contributed by atoms with Gasteiger partial charge in [-0.1, -0.05) is 11.6 Å². The lowest BCUT2D eigenvalue weighted by molar-refractivity contribution is -0.384. The summed E-state index contributed by atoms with van der Waals surface area (Å²) >= 11 is 7.47. The molecule has 0 aliphatic carbocycles. The summed E-state index contributed by atoms with van der Waals surface area (Å²) in [6.07, 6.45) is 0.680. The Balaban J connectivity index is 1.98. The molecule has 2 heterocycles. The van der Waals surface area contributed by atoms with Crippen molar-refractivity contribution in [3.05, 3.63) is 55.2 Å². The number of halogens is 1. The van der Waals surface area contributed by atoms with Crippen LogP contribution < -0.4 is 4.90 Å². The molecule has 2 aromatic rings. The van der Waals surface area contributed by atoms with Crippen LogP contribution in [0, 0.1) is 10.1 Å². The number of carbonyl (C=O) groups is 1. The Bertz CT molecular complexity index is 777. The molecule has 1 atom stereocenters. The maximum Gasteiger partial charge on any atom is 0.270 e. The van der Waals surface area contributed by atoms with Crippen molar-refractivity contribution < 1.29 is 14.8 Å². The van der Waals surface area contributed by atoms with Gasteiger partial charge in [-0.05, 0) is 30.4 Å². The summed E-state index contributed by atoms with van der Waals surface area (Å²) in [6.45, 7) is 0.465. The highest BCUT2D eigenvalue weighted by Crippen LogP contribution is 2.38. The van der Waals surface area contributed by atoms with E-state index in [0.29, 0.717) is 25.1 Å². The van der Waals surface area contributed by atoms with Gasteiger partial charge in [-0.15, -0.1) is 11.3 Å². The number of nitrogens with zero attached hydrogens (tertiary/aromatic N) is 2. The van der Waals surface area contributed by atoms with E-state index in [-0.39, 0.29) is 22.2 Å². The summed E-state index contributed by atoms with van der Waals surface area (Å²) in [7, 11) is 0. The minimum atomic E-state index is -0.574. The molecule has 120 valence electrons. The van der Waals surface area contributed by atoms with Crippen LogP contribution >= 0.6 is 22.9 Å². The summed E-state index contributed by atoms with van der Waals surface area (Å²) in [5.74, 6) is -0.321. The SMILES string of the molecule is O=C(c1ccc([N+](=O)[O-])cc1Cl)N1CCCC(O)c2sccc21. The normalized spacial score (nSPS) is 17.5. The fourth-order valence-electron chi connectivity index (χ4n) is 2.63. The Hall–Kier alpha value is -1.96. The smallest absolute Gasteiger partial charge is 0.270 e. The van der Waals surface area contributed by atoms with Crippen LogP contribution in [0.3, 0.4) is 0 Å². The molecule has 8 heteroatoms. The lowest BCUT2D eigenvalue weighted by Crippen LogP contribution is -2.31. The number of rotatable bonds is 2. The molecule has 1 amide bonds. The molecule has 3 rings (SSSR count). The van der Waals surface area contributed by atoms with Gasteiger partial charge in [-0.25, -0.2) is 0 Å². The molecule has 0 fully saturated rings. The lowest BCUT2D eigenvalue weighted by Gasteiger charge is -2.21. The van der Waals surface area contributed by atoms with Gasteiger partial charge in [0, 0.05) is 18.7 Å². The number of hydrogen-bond donors (Lipinski definition) is 1. The van der Waals surface area contributed by atoms with Gasteiger partial charge in [0.2, 0.25) is 0 Å². The van der Waals surface area contributed by atoms with Crippen molar-refractivity contribution in [1.82, 2.24) is 0 Å². The molecule has 0 bridgehead atoms. The zero-order valence-corrected chi connectivity index (χ0v) is 13.5. The number of carbonyl (C=O) groups excluding carboxylic acids is 1. The van der Waals surface area contributed by atoms with Gasteiger partial charge in [-0.2, -0.15) is 0 Å². The molecule has 0 radical (unpaired) electrons. The first kappa shape index (κ1) is 15.9. The fraction of sp³-hybridized carbons (Fsp3) is 0.267. The molecule has 1 N–H and O–H groups in total. The van der Waals surface area contributed by atoms with E-state index in [0.717, 1.165) is 4.88 Å². The average Bonchev–Trinajstić information content (AvgIpc) is 2.94. The largest absolute Gasteiger partial charge is 0.387 e. The third kappa shape index (κ3) is 2.95. The van der Waals surface area contributed by atoms with Crippen LogP contribution in [0.5, 0.6) is 0 Å². The van der Waals surface area contributed by atoms with E-state index < -0.39 is 11.0 Å². The van der Waals surface area contributed by atoms with E-state index in [1.165, 1.54) is 29.5 Å². The maximum absolute atomic E-state index is 12.8. The van der Waals surface area contributed by atoms with Gasteiger partial charge in [-0.3, -0.25) is 14.9 Å². The van der Waals surface area contributed by atoms with Crippen LogP contribution in [-0.2, 0) is 0 Å². The number of aliphatic hydroxyl groups is 1. The van der Waals surface area contributed by atoms with Crippen LogP contribution in [-0.4, -0.2) is 22.5 Å². The molecule has 1 aliphatic rings. The van der Waals surface area contributed by atoms with E-state index >= 15 is 0 Å². The number of benzene rings is 1. The van der Waals surface area contributed by atoms with Crippen LogP contribution in [0.15, 0.2) is 29.6 Å². The van der Waals surface area contributed by atoms with Crippen LogP contribution in [0.4, 0.5) is 11.4 Å². The summed E-state index contributed by atoms with van der Waals surface area (Å²) < 4.78 is 0. The molecular weight excluding hydrogens is 340 g/mol. The van der Waals surface area contributed by atoms with E-state index in [4.69, 9.17) is 11.6 Å². The number of aliphatic hydroxyl groups excluding tert-OH is 1. The minimum absolute atomic E-state index is 0.0470. The number of nitro groups is 1. The molecule has 0 saturated carbocycles. The number of amides is 1. The first-order chi connectivity index (χ1) is 11.0.